The minimum atomic E-state index is 0.0744. The fourth-order valence-electron chi connectivity index (χ4n) is 2.51. The summed E-state index contributed by atoms with van der Waals surface area (Å²) in [5.41, 5.74) is 5.89. The molecule has 19 heavy (non-hydrogen) atoms. The molecule has 3 nitrogen and oxygen atoms in total. The number of nitrogens with two attached hydrogens (primary N) is 1. The highest BCUT2D eigenvalue weighted by molar-refractivity contribution is 7.16. The van der Waals surface area contributed by atoms with Crippen molar-refractivity contribution in [3.8, 4) is 0 Å². The Bertz CT molecular complexity index is 460. The fourth-order valence-corrected chi connectivity index (χ4v) is 3.62. The Labute approximate surface area is 123 Å². The number of hydrogen-bond donors (Lipinski definition) is 1. The van der Waals surface area contributed by atoms with Gasteiger partial charge in [0.1, 0.15) is 0 Å². The van der Waals surface area contributed by atoms with E-state index < -0.39 is 0 Å². The molecule has 2 unspecified atom stereocenters. The van der Waals surface area contributed by atoms with Gasteiger partial charge in [-0.3, -0.25) is 4.79 Å². The van der Waals surface area contributed by atoms with Crippen LogP contribution in [0.3, 0.4) is 0 Å². The summed E-state index contributed by atoms with van der Waals surface area (Å²) in [6.45, 7) is 4.90. The van der Waals surface area contributed by atoms with Crippen LogP contribution in [0.15, 0.2) is 24.8 Å². The maximum atomic E-state index is 12.5. The van der Waals surface area contributed by atoms with E-state index in [1.165, 1.54) is 11.3 Å². The van der Waals surface area contributed by atoms with Crippen LogP contribution in [0.4, 0.5) is 0 Å². The summed E-state index contributed by atoms with van der Waals surface area (Å²) >= 11 is 7.44. The van der Waals surface area contributed by atoms with Gasteiger partial charge < -0.3 is 10.6 Å². The van der Waals surface area contributed by atoms with Crippen molar-refractivity contribution in [1.82, 2.24) is 4.90 Å². The van der Waals surface area contributed by atoms with E-state index in [0.717, 1.165) is 28.5 Å². The molecule has 1 aliphatic rings. The minimum Gasteiger partial charge on any atom is -0.334 e. The predicted octanol–water partition coefficient (Wildman–Crippen LogP) is 3.04. The molecule has 104 valence electrons. The molecule has 0 saturated heterocycles. The third-order valence-electron chi connectivity index (χ3n) is 3.46. The number of amides is 1. The van der Waals surface area contributed by atoms with E-state index in [2.05, 4.69) is 6.58 Å². The largest absolute Gasteiger partial charge is 0.334 e. The summed E-state index contributed by atoms with van der Waals surface area (Å²) in [5.74, 6) is 0.266. The van der Waals surface area contributed by atoms with Crippen molar-refractivity contribution < 1.29 is 4.79 Å². The van der Waals surface area contributed by atoms with E-state index in [4.69, 9.17) is 17.3 Å². The Hall–Kier alpha value is -0.840. The van der Waals surface area contributed by atoms with Gasteiger partial charge in [0.2, 0.25) is 5.91 Å². The van der Waals surface area contributed by atoms with E-state index in [-0.39, 0.29) is 17.9 Å². The maximum Gasteiger partial charge on any atom is 0.226 e. The molecule has 2 atom stereocenters. The van der Waals surface area contributed by atoms with Gasteiger partial charge in [0.15, 0.2) is 0 Å². The first-order valence-electron chi connectivity index (χ1n) is 6.49. The van der Waals surface area contributed by atoms with Crippen molar-refractivity contribution >= 4 is 28.8 Å². The molecule has 2 rings (SSSR count). The molecule has 1 aromatic heterocycles. The normalized spacial score (nSPS) is 22.4. The molecule has 0 aliphatic heterocycles. The van der Waals surface area contributed by atoms with Crippen molar-refractivity contribution in [2.75, 3.05) is 6.54 Å². The smallest absolute Gasteiger partial charge is 0.226 e. The first-order valence-corrected chi connectivity index (χ1v) is 7.69. The molecular formula is C14H19ClN2OS. The molecule has 0 aromatic carbocycles. The molecule has 1 saturated carbocycles. The Morgan fingerprint density at radius 2 is 2.37 bits per heavy atom. The summed E-state index contributed by atoms with van der Waals surface area (Å²) < 4.78 is 0.754. The lowest BCUT2D eigenvalue weighted by atomic mass is 10.1. The second-order valence-corrected chi connectivity index (χ2v) is 6.78. The van der Waals surface area contributed by atoms with Gasteiger partial charge in [0, 0.05) is 23.4 Å². The van der Waals surface area contributed by atoms with Crippen LogP contribution in [-0.2, 0) is 11.3 Å². The monoisotopic (exact) mass is 298 g/mol. The highest BCUT2D eigenvalue weighted by Crippen LogP contribution is 2.28. The molecule has 0 radical (unpaired) electrons. The van der Waals surface area contributed by atoms with Crippen LogP contribution in [0, 0.1) is 5.92 Å². The topological polar surface area (TPSA) is 46.3 Å². The van der Waals surface area contributed by atoms with Gasteiger partial charge in [0.25, 0.3) is 0 Å². The van der Waals surface area contributed by atoms with Crippen LogP contribution >= 0.6 is 22.9 Å². The van der Waals surface area contributed by atoms with Crippen molar-refractivity contribution in [2.24, 2.45) is 11.7 Å². The van der Waals surface area contributed by atoms with Crippen LogP contribution in [-0.4, -0.2) is 23.4 Å². The third kappa shape index (κ3) is 3.81. The minimum absolute atomic E-state index is 0.0744. The lowest BCUT2D eigenvalue weighted by Gasteiger charge is -2.24. The highest BCUT2D eigenvalue weighted by atomic mass is 35.5. The quantitative estimate of drug-likeness (QED) is 0.849. The molecule has 1 aliphatic carbocycles. The molecule has 1 fully saturated rings. The van der Waals surface area contributed by atoms with Gasteiger partial charge in [-0.05, 0) is 31.4 Å². The molecule has 1 aromatic rings. The van der Waals surface area contributed by atoms with Crippen molar-refractivity contribution in [2.45, 2.75) is 31.8 Å². The average Bonchev–Trinajstić information content (AvgIpc) is 2.97. The zero-order valence-corrected chi connectivity index (χ0v) is 12.4. The lowest BCUT2D eigenvalue weighted by molar-refractivity contribution is -0.135. The number of carbonyl (C=O) groups is 1. The number of thiophene rings is 1. The van der Waals surface area contributed by atoms with E-state index in [9.17, 15) is 4.79 Å². The van der Waals surface area contributed by atoms with Gasteiger partial charge in [-0.25, -0.2) is 0 Å². The van der Waals surface area contributed by atoms with Crippen LogP contribution in [0.5, 0.6) is 0 Å². The van der Waals surface area contributed by atoms with Crippen LogP contribution in [0.2, 0.25) is 4.34 Å². The standard InChI is InChI=1S/C14H19ClN2OS/c1-2-7-17(9-12-5-6-13(15)19-12)14(18)10-3-4-11(16)8-10/h2,5-6,10-11H,1,3-4,7-9,16H2. The number of halogens is 1. The zero-order valence-electron chi connectivity index (χ0n) is 10.8. The summed E-state index contributed by atoms with van der Waals surface area (Å²) in [7, 11) is 0. The third-order valence-corrected chi connectivity index (χ3v) is 4.68. The van der Waals surface area contributed by atoms with E-state index in [1.54, 1.807) is 6.08 Å². The molecule has 2 N–H and O–H groups in total. The molecule has 0 spiro atoms. The summed E-state index contributed by atoms with van der Waals surface area (Å²) in [5, 5.41) is 0. The van der Waals surface area contributed by atoms with E-state index >= 15 is 0 Å². The molecular weight excluding hydrogens is 280 g/mol. The van der Waals surface area contributed by atoms with Crippen LogP contribution < -0.4 is 5.73 Å². The maximum absolute atomic E-state index is 12.5. The molecule has 1 heterocycles. The Kier molecular flexibility index (Phi) is 5.02. The van der Waals surface area contributed by atoms with Gasteiger partial charge in [0.05, 0.1) is 10.9 Å². The highest BCUT2D eigenvalue weighted by Gasteiger charge is 2.30. The van der Waals surface area contributed by atoms with E-state index in [1.807, 2.05) is 17.0 Å². The second kappa shape index (κ2) is 6.55. The van der Waals surface area contributed by atoms with Crippen molar-refractivity contribution in [3.63, 3.8) is 0 Å². The zero-order chi connectivity index (χ0) is 13.8. The SMILES string of the molecule is C=CCN(Cc1ccc(Cl)s1)C(=O)C1CCC(N)C1. The summed E-state index contributed by atoms with van der Waals surface area (Å²) in [6, 6.07) is 4.01. The fraction of sp³-hybridized carbons (Fsp3) is 0.500. The number of rotatable bonds is 5. The summed E-state index contributed by atoms with van der Waals surface area (Å²) in [6.07, 6.45) is 4.42. The first kappa shape index (κ1) is 14.6. The van der Waals surface area contributed by atoms with Crippen LogP contribution in [0.1, 0.15) is 24.1 Å². The Balaban J connectivity index is 2.02. The Morgan fingerprint density at radius 1 is 1.58 bits per heavy atom. The summed E-state index contributed by atoms with van der Waals surface area (Å²) in [4.78, 5) is 15.4. The van der Waals surface area contributed by atoms with E-state index in [0.29, 0.717) is 13.1 Å². The molecule has 0 bridgehead atoms. The first-order chi connectivity index (χ1) is 9.10. The number of hydrogen-bond acceptors (Lipinski definition) is 3. The lowest BCUT2D eigenvalue weighted by Crippen LogP contribution is -2.35. The number of carbonyl (C=O) groups excluding carboxylic acids is 1. The molecule has 1 amide bonds. The van der Waals surface area contributed by atoms with Gasteiger partial charge in [-0.1, -0.05) is 17.7 Å². The number of nitrogens with zero attached hydrogens (tertiary/aromatic N) is 1. The second-order valence-electron chi connectivity index (χ2n) is 4.98. The van der Waals surface area contributed by atoms with Gasteiger partial charge >= 0.3 is 0 Å². The molecule has 5 heteroatoms. The predicted molar refractivity (Wildman–Crippen MR) is 80.3 cm³/mol. The average molecular weight is 299 g/mol. The van der Waals surface area contributed by atoms with Crippen molar-refractivity contribution in [1.29, 1.82) is 0 Å². The van der Waals surface area contributed by atoms with Gasteiger partial charge in [-0.2, -0.15) is 0 Å². The van der Waals surface area contributed by atoms with Gasteiger partial charge in [-0.15, -0.1) is 17.9 Å². The van der Waals surface area contributed by atoms with Crippen molar-refractivity contribution in [3.05, 3.63) is 34.0 Å². The van der Waals surface area contributed by atoms with Crippen LogP contribution in [0.25, 0.3) is 0 Å². The Morgan fingerprint density at radius 3 is 2.89 bits per heavy atom.